The molecule has 0 bridgehead atoms. The topological polar surface area (TPSA) is 58.9 Å². The van der Waals surface area contributed by atoms with Gasteiger partial charge in [-0.3, -0.25) is 0 Å². The Kier molecular flexibility index (Phi) is 10.8. The number of hydrogen-bond acceptors (Lipinski definition) is 4. The maximum Gasteiger partial charge on any atom is 0.151 e. The molecule has 14 heavy (non-hydrogen) atoms. The van der Waals surface area contributed by atoms with Crippen molar-refractivity contribution in [3.63, 3.8) is 0 Å². The summed E-state index contributed by atoms with van der Waals surface area (Å²) in [6.45, 7) is 5.20. The molecule has 1 fully saturated rings. The molecule has 0 aromatic rings. The SMILES string of the molecule is C1COCCO1.CCCCCC(O)O. The Bertz CT molecular complexity index is 90.8. The van der Waals surface area contributed by atoms with Gasteiger partial charge in [0, 0.05) is 0 Å². The Hall–Kier alpha value is -0.160. The highest BCUT2D eigenvalue weighted by molar-refractivity contribution is 4.40. The first kappa shape index (κ1) is 13.8. The fraction of sp³-hybridized carbons (Fsp3) is 1.00. The molecular weight excluding hydrogens is 184 g/mol. The Morgan fingerprint density at radius 1 is 1.00 bits per heavy atom. The number of rotatable bonds is 4. The van der Waals surface area contributed by atoms with E-state index in [2.05, 4.69) is 6.92 Å². The summed E-state index contributed by atoms with van der Waals surface area (Å²) in [5, 5.41) is 16.7. The van der Waals surface area contributed by atoms with Crippen LogP contribution in [0.15, 0.2) is 0 Å². The van der Waals surface area contributed by atoms with Crippen LogP contribution < -0.4 is 0 Å². The smallest absolute Gasteiger partial charge is 0.151 e. The summed E-state index contributed by atoms with van der Waals surface area (Å²) in [4.78, 5) is 0. The second-order valence-corrected chi connectivity index (χ2v) is 3.20. The van der Waals surface area contributed by atoms with Gasteiger partial charge in [0.15, 0.2) is 6.29 Å². The fourth-order valence-electron chi connectivity index (χ4n) is 1.02. The number of unbranched alkanes of at least 4 members (excludes halogenated alkanes) is 2. The summed E-state index contributed by atoms with van der Waals surface area (Å²) >= 11 is 0. The van der Waals surface area contributed by atoms with Crippen LogP contribution in [0.3, 0.4) is 0 Å². The predicted octanol–water partition coefficient (Wildman–Crippen LogP) is 0.911. The first-order valence-electron chi connectivity index (χ1n) is 5.29. The molecule has 1 saturated heterocycles. The predicted molar refractivity (Wildman–Crippen MR) is 54.0 cm³/mol. The van der Waals surface area contributed by atoms with Crippen LogP contribution >= 0.6 is 0 Å². The van der Waals surface area contributed by atoms with Gasteiger partial charge in [-0.15, -0.1) is 0 Å². The molecule has 0 radical (unpaired) electrons. The van der Waals surface area contributed by atoms with Crippen LogP contribution in [-0.2, 0) is 9.47 Å². The average Bonchev–Trinajstić information content (AvgIpc) is 2.21. The van der Waals surface area contributed by atoms with E-state index in [0.29, 0.717) is 6.42 Å². The van der Waals surface area contributed by atoms with Crippen LogP contribution in [-0.4, -0.2) is 42.9 Å². The zero-order valence-corrected chi connectivity index (χ0v) is 8.95. The minimum absolute atomic E-state index is 0.522. The van der Waals surface area contributed by atoms with Gasteiger partial charge in [0.1, 0.15) is 0 Å². The number of ether oxygens (including phenoxy) is 2. The molecule has 0 saturated carbocycles. The largest absolute Gasteiger partial charge is 0.377 e. The van der Waals surface area contributed by atoms with Crippen molar-refractivity contribution in [2.75, 3.05) is 26.4 Å². The van der Waals surface area contributed by atoms with Crippen LogP contribution in [0.5, 0.6) is 0 Å². The summed E-state index contributed by atoms with van der Waals surface area (Å²) in [7, 11) is 0. The van der Waals surface area contributed by atoms with E-state index in [4.69, 9.17) is 19.7 Å². The van der Waals surface area contributed by atoms with Crippen molar-refractivity contribution in [1.29, 1.82) is 0 Å². The molecule has 1 aliphatic heterocycles. The van der Waals surface area contributed by atoms with Gasteiger partial charge in [-0.25, -0.2) is 0 Å². The lowest BCUT2D eigenvalue weighted by Crippen LogP contribution is -2.16. The molecule has 0 unspecified atom stereocenters. The zero-order valence-electron chi connectivity index (χ0n) is 8.95. The van der Waals surface area contributed by atoms with Gasteiger partial charge in [-0.2, -0.15) is 0 Å². The third-order valence-corrected chi connectivity index (χ3v) is 1.81. The normalized spacial score (nSPS) is 16.3. The second-order valence-electron chi connectivity index (χ2n) is 3.20. The molecule has 1 heterocycles. The van der Waals surface area contributed by atoms with Crippen LogP contribution in [0, 0.1) is 0 Å². The zero-order chi connectivity index (χ0) is 10.6. The third kappa shape index (κ3) is 11.8. The summed E-state index contributed by atoms with van der Waals surface area (Å²) in [5.41, 5.74) is 0. The molecule has 0 atom stereocenters. The van der Waals surface area contributed by atoms with Crippen LogP contribution in [0.25, 0.3) is 0 Å². The molecule has 4 nitrogen and oxygen atoms in total. The monoisotopic (exact) mass is 206 g/mol. The van der Waals surface area contributed by atoms with Crippen LogP contribution in [0.2, 0.25) is 0 Å². The van der Waals surface area contributed by atoms with E-state index < -0.39 is 6.29 Å². The van der Waals surface area contributed by atoms with Crippen molar-refractivity contribution in [2.45, 2.75) is 38.9 Å². The van der Waals surface area contributed by atoms with E-state index in [1.165, 1.54) is 0 Å². The quantitative estimate of drug-likeness (QED) is 0.530. The molecule has 86 valence electrons. The number of aliphatic hydroxyl groups excluding tert-OH is 1. The summed E-state index contributed by atoms with van der Waals surface area (Å²) < 4.78 is 9.89. The van der Waals surface area contributed by atoms with Crippen LogP contribution in [0.1, 0.15) is 32.6 Å². The Morgan fingerprint density at radius 3 is 1.79 bits per heavy atom. The molecule has 0 aromatic heterocycles. The van der Waals surface area contributed by atoms with Crippen molar-refractivity contribution in [3.05, 3.63) is 0 Å². The number of hydrogen-bond donors (Lipinski definition) is 2. The summed E-state index contributed by atoms with van der Waals surface area (Å²) in [6.07, 6.45) is 2.58. The standard InChI is InChI=1S/C6H14O2.C4H8O2/c1-2-3-4-5-6(7)8;1-2-6-4-3-5-1/h6-8H,2-5H2,1H3;1-4H2. The molecular formula is C10H22O4. The molecule has 0 spiro atoms. The van der Waals surface area contributed by atoms with Crippen LogP contribution in [0.4, 0.5) is 0 Å². The highest BCUT2D eigenvalue weighted by Crippen LogP contribution is 1.99. The van der Waals surface area contributed by atoms with Gasteiger partial charge in [0.25, 0.3) is 0 Å². The van der Waals surface area contributed by atoms with Crippen molar-refractivity contribution in [2.24, 2.45) is 0 Å². The van der Waals surface area contributed by atoms with Crippen molar-refractivity contribution in [1.82, 2.24) is 0 Å². The molecule has 0 aliphatic carbocycles. The molecule has 1 rings (SSSR count). The first-order chi connectivity index (χ1) is 6.77. The first-order valence-corrected chi connectivity index (χ1v) is 5.29. The molecule has 2 N–H and O–H groups in total. The Labute approximate surface area is 85.8 Å². The van der Waals surface area contributed by atoms with E-state index >= 15 is 0 Å². The number of aliphatic hydroxyl groups is 2. The lowest BCUT2D eigenvalue weighted by Gasteiger charge is -2.09. The maximum atomic E-state index is 8.33. The lowest BCUT2D eigenvalue weighted by atomic mass is 10.2. The average molecular weight is 206 g/mol. The maximum absolute atomic E-state index is 8.33. The molecule has 0 aromatic carbocycles. The van der Waals surface area contributed by atoms with E-state index in [1.54, 1.807) is 0 Å². The minimum atomic E-state index is -1.10. The summed E-state index contributed by atoms with van der Waals surface area (Å²) in [5.74, 6) is 0. The fourth-order valence-corrected chi connectivity index (χ4v) is 1.02. The second kappa shape index (κ2) is 10.9. The Morgan fingerprint density at radius 2 is 1.50 bits per heavy atom. The molecule has 4 heteroatoms. The van der Waals surface area contributed by atoms with Crippen molar-refractivity contribution >= 4 is 0 Å². The minimum Gasteiger partial charge on any atom is -0.377 e. The van der Waals surface area contributed by atoms with Gasteiger partial charge in [0.2, 0.25) is 0 Å². The highest BCUT2D eigenvalue weighted by Gasteiger charge is 1.94. The molecule has 0 amide bonds. The van der Waals surface area contributed by atoms with E-state index in [0.717, 1.165) is 45.7 Å². The van der Waals surface area contributed by atoms with E-state index in [-0.39, 0.29) is 0 Å². The Balaban J connectivity index is 0.000000249. The van der Waals surface area contributed by atoms with Gasteiger partial charge < -0.3 is 19.7 Å². The van der Waals surface area contributed by atoms with Gasteiger partial charge >= 0.3 is 0 Å². The van der Waals surface area contributed by atoms with Crippen molar-refractivity contribution in [3.8, 4) is 0 Å². The third-order valence-electron chi connectivity index (χ3n) is 1.81. The summed E-state index contributed by atoms with van der Waals surface area (Å²) in [6, 6.07) is 0. The van der Waals surface area contributed by atoms with E-state index in [9.17, 15) is 0 Å². The highest BCUT2D eigenvalue weighted by atomic mass is 16.6. The molecule has 1 aliphatic rings. The van der Waals surface area contributed by atoms with E-state index in [1.807, 2.05) is 0 Å². The lowest BCUT2D eigenvalue weighted by molar-refractivity contribution is -0.0465. The van der Waals surface area contributed by atoms with Gasteiger partial charge in [-0.1, -0.05) is 19.8 Å². The van der Waals surface area contributed by atoms with Crippen molar-refractivity contribution < 1.29 is 19.7 Å². The van der Waals surface area contributed by atoms with Gasteiger partial charge in [0.05, 0.1) is 26.4 Å². The van der Waals surface area contributed by atoms with Gasteiger partial charge in [-0.05, 0) is 12.8 Å².